The number of nitrogens with zero attached hydrogens (tertiary/aromatic N) is 2. The van der Waals surface area contributed by atoms with Gasteiger partial charge in [0.1, 0.15) is 5.60 Å². The summed E-state index contributed by atoms with van der Waals surface area (Å²) in [6.07, 6.45) is 8.26. The van der Waals surface area contributed by atoms with Gasteiger partial charge in [0.2, 0.25) is 0 Å². The maximum absolute atomic E-state index is 12.0. The summed E-state index contributed by atoms with van der Waals surface area (Å²) in [5.74, 6) is -0.665. The van der Waals surface area contributed by atoms with Gasteiger partial charge in [-0.25, -0.2) is 9.59 Å². The highest BCUT2D eigenvalue weighted by atomic mass is 32.1. The molecule has 0 amide bonds. The van der Waals surface area contributed by atoms with Crippen LogP contribution < -0.4 is 9.47 Å². The van der Waals surface area contributed by atoms with Crippen LogP contribution in [0.2, 0.25) is 0 Å². The number of aliphatic carboxylic acids is 2. The largest absolute Gasteiger partial charge is 0.478 e. The molecule has 2 N–H and O–H groups in total. The third-order valence-electron chi connectivity index (χ3n) is 4.56. The van der Waals surface area contributed by atoms with Crippen molar-refractivity contribution >= 4 is 23.7 Å². The first-order chi connectivity index (χ1) is 12.9. The number of unbranched alkanes of at least 4 members (excludes halogenated alkanes) is 1. The molecule has 2 fully saturated rings. The van der Waals surface area contributed by atoms with E-state index in [1.54, 1.807) is 0 Å². The molecule has 0 saturated heterocycles. The van der Waals surface area contributed by atoms with Crippen molar-refractivity contribution in [2.45, 2.75) is 50.5 Å². The van der Waals surface area contributed by atoms with Gasteiger partial charge in [0.15, 0.2) is 0 Å². The van der Waals surface area contributed by atoms with E-state index in [4.69, 9.17) is 19.7 Å². The first-order valence-corrected chi connectivity index (χ1v) is 9.51. The Morgan fingerprint density at radius 2 is 1.78 bits per heavy atom. The lowest BCUT2D eigenvalue weighted by Crippen LogP contribution is -2.30. The second kappa shape index (κ2) is 10.2. The molecule has 2 bridgehead atoms. The van der Waals surface area contributed by atoms with Crippen molar-refractivity contribution in [3.63, 3.8) is 0 Å². The van der Waals surface area contributed by atoms with Crippen LogP contribution in [0.25, 0.3) is 0 Å². The van der Waals surface area contributed by atoms with Gasteiger partial charge in [0.05, 0.1) is 25.0 Å². The van der Waals surface area contributed by atoms with E-state index in [2.05, 4.69) is 8.75 Å². The minimum atomic E-state index is -1.26. The summed E-state index contributed by atoms with van der Waals surface area (Å²) in [6.45, 7) is 0.174. The monoisotopic (exact) mass is 402 g/mol. The summed E-state index contributed by atoms with van der Waals surface area (Å²) < 4.78 is 32.0. The number of hydrogen-bond donors (Lipinski definition) is 2. The molecule has 0 atom stereocenters. The van der Waals surface area contributed by atoms with Crippen LogP contribution in [0.15, 0.2) is 12.2 Å². The van der Waals surface area contributed by atoms with Gasteiger partial charge < -0.3 is 19.7 Å². The standard InChI is InChI=1S/C13H19FN2O2S.C4H4O4/c14-7-1-2-8-17-11-12(16-19-15-11)18-13-5-3-10(9-13)4-6-13;5-3(6)1-2-4(7)8/h10H,1-9H2;1-2H,(H,5,6)(H,7,8)/b;2-1-. The van der Waals surface area contributed by atoms with Crippen LogP contribution in [-0.2, 0) is 9.59 Å². The van der Waals surface area contributed by atoms with Gasteiger partial charge in [-0.15, -0.1) is 8.75 Å². The Balaban J connectivity index is 0.000000279. The first-order valence-electron chi connectivity index (χ1n) is 8.78. The average Bonchev–Trinajstić information content (AvgIpc) is 3.34. The van der Waals surface area contributed by atoms with Gasteiger partial charge >= 0.3 is 11.9 Å². The highest BCUT2D eigenvalue weighted by Crippen LogP contribution is 2.50. The van der Waals surface area contributed by atoms with Gasteiger partial charge in [-0.2, -0.15) is 0 Å². The van der Waals surface area contributed by atoms with E-state index in [-0.39, 0.29) is 12.3 Å². The summed E-state index contributed by atoms with van der Waals surface area (Å²) >= 11 is 1.11. The fourth-order valence-electron chi connectivity index (χ4n) is 3.32. The maximum Gasteiger partial charge on any atom is 0.328 e. The second-order valence-corrected chi connectivity index (χ2v) is 7.09. The molecular formula is C17H23FN2O6S. The number of fused-ring (bicyclic) bond motifs is 2. The summed E-state index contributed by atoms with van der Waals surface area (Å²) in [4.78, 5) is 19.1. The van der Waals surface area contributed by atoms with Crippen molar-refractivity contribution in [3.8, 4) is 11.8 Å². The lowest BCUT2D eigenvalue weighted by molar-refractivity contribution is -0.134. The second-order valence-electron chi connectivity index (χ2n) is 6.56. The topological polar surface area (TPSA) is 119 Å². The number of carbonyl (C=O) groups is 2. The third-order valence-corrected chi connectivity index (χ3v) is 5.05. The van der Waals surface area contributed by atoms with Gasteiger partial charge in [0.25, 0.3) is 11.8 Å². The lowest BCUT2D eigenvalue weighted by atomic mass is 9.97. The smallest absolute Gasteiger partial charge is 0.328 e. The zero-order chi connectivity index (χ0) is 19.7. The molecule has 0 aromatic carbocycles. The molecule has 10 heteroatoms. The number of aromatic nitrogens is 2. The van der Waals surface area contributed by atoms with Crippen LogP contribution in [-0.4, -0.2) is 49.8 Å². The molecule has 2 saturated carbocycles. The molecule has 2 aliphatic rings. The van der Waals surface area contributed by atoms with Crippen molar-refractivity contribution in [2.75, 3.05) is 13.3 Å². The molecule has 0 unspecified atom stereocenters. The number of carboxylic acids is 2. The normalized spacial score (nSPS) is 23.1. The van der Waals surface area contributed by atoms with Gasteiger partial charge in [0, 0.05) is 12.2 Å². The van der Waals surface area contributed by atoms with E-state index < -0.39 is 11.9 Å². The van der Waals surface area contributed by atoms with Crippen LogP contribution >= 0.6 is 11.7 Å². The van der Waals surface area contributed by atoms with Crippen molar-refractivity contribution in [2.24, 2.45) is 5.92 Å². The fraction of sp³-hybridized carbons (Fsp3) is 0.647. The van der Waals surface area contributed by atoms with Crippen LogP contribution in [0.3, 0.4) is 0 Å². The van der Waals surface area contributed by atoms with Crippen LogP contribution in [0.5, 0.6) is 11.8 Å². The lowest BCUT2D eigenvalue weighted by Gasteiger charge is -2.26. The zero-order valence-corrected chi connectivity index (χ0v) is 15.6. The number of rotatable bonds is 9. The van der Waals surface area contributed by atoms with Crippen LogP contribution in [0, 0.1) is 5.92 Å². The SMILES string of the molecule is FCCCCOc1nsnc1OC12CCC(CC1)C2.O=C(O)/C=C\C(=O)O. The third kappa shape index (κ3) is 6.78. The predicted molar refractivity (Wildman–Crippen MR) is 95.0 cm³/mol. The molecule has 1 aromatic rings. The van der Waals surface area contributed by atoms with E-state index in [1.807, 2.05) is 0 Å². The van der Waals surface area contributed by atoms with E-state index >= 15 is 0 Å². The molecular weight excluding hydrogens is 379 g/mol. The highest BCUT2D eigenvalue weighted by molar-refractivity contribution is 6.99. The molecule has 1 heterocycles. The summed E-state index contributed by atoms with van der Waals surface area (Å²) in [7, 11) is 0. The number of ether oxygens (including phenoxy) is 2. The number of hydrogen-bond acceptors (Lipinski definition) is 7. The summed E-state index contributed by atoms with van der Waals surface area (Å²) in [5, 5.41) is 15.6. The summed E-state index contributed by atoms with van der Waals surface area (Å²) in [6, 6.07) is 0. The minimum absolute atomic E-state index is 0.0164. The number of halogens is 1. The zero-order valence-electron chi connectivity index (χ0n) is 14.8. The number of carboxylic acid groups (broad SMARTS) is 2. The van der Waals surface area contributed by atoms with Crippen molar-refractivity contribution < 1.29 is 33.7 Å². The Bertz CT molecular complexity index is 642. The minimum Gasteiger partial charge on any atom is -0.478 e. The van der Waals surface area contributed by atoms with Gasteiger partial charge in [-0.1, -0.05) is 0 Å². The van der Waals surface area contributed by atoms with Gasteiger partial charge in [-0.05, 0) is 50.9 Å². The molecule has 27 heavy (non-hydrogen) atoms. The molecule has 2 aliphatic carbocycles. The van der Waals surface area contributed by atoms with E-state index in [0.717, 1.165) is 36.9 Å². The fourth-order valence-corrected chi connectivity index (χ4v) is 3.75. The molecule has 1 aromatic heterocycles. The Morgan fingerprint density at radius 1 is 1.15 bits per heavy atom. The highest BCUT2D eigenvalue weighted by Gasteiger charge is 2.47. The Kier molecular flexibility index (Phi) is 7.96. The van der Waals surface area contributed by atoms with E-state index in [1.165, 1.54) is 12.8 Å². The van der Waals surface area contributed by atoms with E-state index in [9.17, 15) is 14.0 Å². The Hall–Kier alpha value is -2.23. The number of alkyl halides is 1. The quantitative estimate of drug-likeness (QED) is 0.478. The Labute approximate surface area is 160 Å². The first kappa shape index (κ1) is 21.1. The van der Waals surface area contributed by atoms with Crippen molar-refractivity contribution in [1.82, 2.24) is 8.75 Å². The van der Waals surface area contributed by atoms with Crippen LogP contribution in [0.1, 0.15) is 44.9 Å². The molecule has 3 rings (SSSR count). The summed E-state index contributed by atoms with van der Waals surface area (Å²) in [5.41, 5.74) is -0.0164. The molecule has 150 valence electrons. The molecule has 0 aliphatic heterocycles. The Morgan fingerprint density at radius 3 is 2.30 bits per heavy atom. The average molecular weight is 402 g/mol. The van der Waals surface area contributed by atoms with Crippen molar-refractivity contribution in [3.05, 3.63) is 12.2 Å². The van der Waals surface area contributed by atoms with E-state index in [0.29, 0.717) is 43.4 Å². The maximum atomic E-state index is 12.0. The van der Waals surface area contributed by atoms with Crippen LogP contribution in [0.4, 0.5) is 4.39 Å². The molecule has 0 radical (unpaired) electrons. The van der Waals surface area contributed by atoms with Gasteiger partial charge in [-0.3, -0.25) is 4.39 Å². The predicted octanol–water partition coefficient (Wildman–Crippen LogP) is 3.09. The molecule has 0 spiro atoms. The molecule has 8 nitrogen and oxygen atoms in total. The van der Waals surface area contributed by atoms with Crippen molar-refractivity contribution in [1.29, 1.82) is 0 Å².